The molecular formula is C10H17N3S. The molecule has 0 aromatic carbocycles. The summed E-state index contributed by atoms with van der Waals surface area (Å²) < 4.78 is 2.13. The minimum atomic E-state index is 0.665. The van der Waals surface area contributed by atoms with Crippen LogP contribution in [0.3, 0.4) is 0 Å². The van der Waals surface area contributed by atoms with Gasteiger partial charge in [0.15, 0.2) is 0 Å². The molecule has 0 atom stereocenters. The summed E-state index contributed by atoms with van der Waals surface area (Å²) in [5, 5.41) is 7.56. The van der Waals surface area contributed by atoms with Gasteiger partial charge < -0.3 is 5.32 Å². The third-order valence-electron chi connectivity index (χ3n) is 2.54. The van der Waals surface area contributed by atoms with Crippen LogP contribution < -0.4 is 5.32 Å². The molecular weight excluding hydrogens is 194 g/mol. The van der Waals surface area contributed by atoms with Crippen LogP contribution in [0.15, 0.2) is 12.4 Å². The van der Waals surface area contributed by atoms with Crippen molar-refractivity contribution in [1.82, 2.24) is 15.1 Å². The molecule has 1 saturated heterocycles. The van der Waals surface area contributed by atoms with Crippen LogP contribution in [0.5, 0.6) is 0 Å². The molecule has 2 rings (SSSR count). The van der Waals surface area contributed by atoms with Crippen LogP contribution in [0.25, 0.3) is 0 Å². The van der Waals surface area contributed by atoms with Crippen molar-refractivity contribution in [2.75, 3.05) is 25.1 Å². The molecule has 1 aliphatic rings. The van der Waals surface area contributed by atoms with Crippen molar-refractivity contribution < 1.29 is 0 Å². The molecule has 14 heavy (non-hydrogen) atoms. The van der Waals surface area contributed by atoms with E-state index in [1.807, 2.05) is 25.0 Å². The highest BCUT2D eigenvalue weighted by Crippen LogP contribution is 2.28. The van der Waals surface area contributed by atoms with E-state index >= 15 is 0 Å². The first-order chi connectivity index (χ1) is 6.90. The van der Waals surface area contributed by atoms with Gasteiger partial charge in [-0.25, -0.2) is 0 Å². The quantitative estimate of drug-likeness (QED) is 0.745. The molecule has 1 fully saturated rings. The zero-order valence-electron chi connectivity index (χ0n) is 8.57. The number of rotatable bonds is 5. The van der Waals surface area contributed by atoms with Crippen LogP contribution in [0, 0.1) is 0 Å². The summed E-state index contributed by atoms with van der Waals surface area (Å²) in [5.74, 6) is 2.47. The number of aryl methyl sites for hydroxylation is 1. The summed E-state index contributed by atoms with van der Waals surface area (Å²) in [4.78, 5) is 0. The first-order valence-corrected chi connectivity index (χ1v) is 6.31. The van der Waals surface area contributed by atoms with Crippen LogP contribution in [0.2, 0.25) is 0 Å². The second-order valence-corrected chi connectivity index (χ2v) is 4.80. The Hall–Kier alpha value is -0.480. The van der Waals surface area contributed by atoms with Crippen molar-refractivity contribution in [3.8, 4) is 0 Å². The van der Waals surface area contributed by atoms with E-state index in [9.17, 15) is 0 Å². The van der Waals surface area contributed by atoms with Gasteiger partial charge in [0.25, 0.3) is 0 Å². The fraction of sp³-hybridized carbons (Fsp3) is 0.700. The fourth-order valence-electron chi connectivity index (χ4n) is 1.55. The Labute approximate surface area is 89.3 Å². The molecule has 0 bridgehead atoms. The van der Waals surface area contributed by atoms with Gasteiger partial charge in [-0.15, -0.1) is 0 Å². The average Bonchev–Trinajstić information content (AvgIpc) is 2.51. The lowest BCUT2D eigenvalue weighted by Gasteiger charge is -2.24. The Morgan fingerprint density at radius 2 is 2.50 bits per heavy atom. The molecule has 2 heterocycles. The highest BCUT2D eigenvalue weighted by molar-refractivity contribution is 8.00. The van der Waals surface area contributed by atoms with Crippen molar-refractivity contribution >= 4 is 11.8 Å². The first-order valence-electron chi connectivity index (χ1n) is 5.15. The number of hydrogen-bond donors (Lipinski definition) is 1. The molecule has 1 N–H and O–H groups in total. The van der Waals surface area contributed by atoms with E-state index in [4.69, 9.17) is 0 Å². The Morgan fingerprint density at radius 3 is 3.14 bits per heavy atom. The van der Waals surface area contributed by atoms with E-state index in [0.29, 0.717) is 6.04 Å². The average molecular weight is 211 g/mol. The number of nitrogens with zero attached hydrogens (tertiary/aromatic N) is 2. The molecule has 78 valence electrons. The Kier molecular flexibility index (Phi) is 3.48. The third kappa shape index (κ3) is 2.30. The lowest BCUT2D eigenvalue weighted by Crippen LogP contribution is -2.22. The van der Waals surface area contributed by atoms with Gasteiger partial charge in [-0.2, -0.15) is 16.9 Å². The highest BCUT2D eigenvalue weighted by Gasteiger charge is 2.20. The second-order valence-electron chi connectivity index (χ2n) is 3.73. The maximum absolute atomic E-state index is 4.40. The van der Waals surface area contributed by atoms with Crippen LogP contribution in [0.4, 0.5) is 0 Å². The molecule has 0 radical (unpaired) electrons. The highest BCUT2D eigenvalue weighted by atomic mass is 32.2. The van der Waals surface area contributed by atoms with Gasteiger partial charge in [0.1, 0.15) is 0 Å². The topological polar surface area (TPSA) is 29.9 Å². The van der Waals surface area contributed by atoms with Crippen molar-refractivity contribution in [2.24, 2.45) is 0 Å². The van der Waals surface area contributed by atoms with E-state index in [2.05, 4.69) is 21.3 Å². The minimum Gasteiger partial charge on any atom is -0.320 e. The number of hydrogen-bond acceptors (Lipinski definition) is 3. The molecule has 0 aliphatic carbocycles. The summed E-state index contributed by atoms with van der Waals surface area (Å²) >= 11 is 2.00. The van der Waals surface area contributed by atoms with Crippen molar-refractivity contribution in [2.45, 2.75) is 18.9 Å². The van der Waals surface area contributed by atoms with Crippen molar-refractivity contribution in [3.63, 3.8) is 0 Å². The largest absolute Gasteiger partial charge is 0.320 e. The van der Waals surface area contributed by atoms with E-state index in [1.165, 1.54) is 23.5 Å². The molecule has 3 nitrogen and oxygen atoms in total. The lowest BCUT2D eigenvalue weighted by molar-refractivity contribution is 0.526. The van der Waals surface area contributed by atoms with Gasteiger partial charge in [0.05, 0.1) is 12.2 Å². The Balaban J connectivity index is 1.83. The molecule has 0 saturated carbocycles. The van der Waals surface area contributed by atoms with Gasteiger partial charge in [-0.1, -0.05) is 0 Å². The summed E-state index contributed by atoms with van der Waals surface area (Å²) in [5.41, 5.74) is 1.37. The standard InChI is InChI=1S/C10H17N3S/c1-11-4-2-3-9-5-12-13(6-9)10-7-14-8-10/h5-6,10-11H,2-4,7-8H2,1H3. The maximum atomic E-state index is 4.40. The normalized spacial score (nSPS) is 16.9. The molecule has 1 aliphatic heterocycles. The molecule has 1 aromatic rings. The SMILES string of the molecule is CNCCCc1cnn(C2CSC2)c1. The monoisotopic (exact) mass is 211 g/mol. The number of nitrogens with one attached hydrogen (secondary N) is 1. The van der Waals surface area contributed by atoms with Crippen LogP contribution >= 0.6 is 11.8 Å². The van der Waals surface area contributed by atoms with Gasteiger partial charge in [0.2, 0.25) is 0 Å². The number of aromatic nitrogens is 2. The number of thioether (sulfide) groups is 1. The van der Waals surface area contributed by atoms with Gasteiger partial charge >= 0.3 is 0 Å². The zero-order valence-corrected chi connectivity index (χ0v) is 9.39. The summed E-state index contributed by atoms with van der Waals surface area (Å²) in [6, 6.07) is 0.665. The second kappa shape index (κ2) is 4.84. The van der Waals surface area contributed by atoms with Crippen molar-refractivity contribution in [3.05, 3.63) is 18.0 Å². The van der Waals surface area contributed by atoms with Gasteiger partial charge in [0, 0.05) is 17.7 Å². The molecule has 4 heteroatoms. The van der Waals surface area contributed by atoms with Gasteiger partial charge in [-0.3, -0.25) is 4.68 Å². The third-order valence-corrected chi connectivity index (χ3v) is 3.78. The van der Waals surface area contributed by atoms with Crippen molar-refractivity contribution in [1.29, 1.82) is 0 Å². The predicted molar refractivity (Wildman–Crippen MR) is 60.8 cm³/mol. The van der Waals surface area contributed by atoms with Crippen LogP contribution in [0.1, 0.15) is 18.0 Å². The summed E-state index contributed by atoms with van der Waals surface area (Å²) in [6.45, 7) is 1.09. The summed E-state index contributed by atoms with van der Waals surface area (Å²) in [6.07, 6.45) is 6.56. The lowest BCUT2D eigenvalue weighted by atomic mass is 10.2. The fourth-order valence-corrected chi connectivity index (χ4v) is 2.30. The zero-order chi connectivity index (χ0) is 9.80. The van der Waals surface area contributed by atoms with E-state index in [0.717, 1.165) is 13.0 Å². The Bertz CT molecular complexity index is 281. The van der Waals surface area contributed by atoms with Gasteiger partial charge in [-0.05, 0) is 32.0 Å². The smallest absolute Gasteiger partial charge is 0.0699 e. The maximum Gasteiger partial charge on any atom is 0.0699 e. The van der Waals surface area contributed by atoms with Crippen LogP contribution in [-0.4, -0.2) is 34.9 Å². The van der Waals surface area contributed by atoms with E-state index < -0.39 is 0 Å². The Morgan fingerprint density at radius 1 is 1.64 bits per heavy atom. The van der Waals surface area contributed by atoms with E-state index in [-0.39, 0.29) is 0 Å². The van der Waals surface area contributed by atoms with Crippen LogP contribution in [-0.2, 0) is 6.42 Å². The predicted octanol–water partition coefficient (Wildman–Crippen LogP) is 1.32. The minimum absolute atomic E-state index is 0.665. The molecule has 0 amide bonds. The molecule has 0 unspecified atom stereocenters. The molecule has 1 aromatic heterocycles. The van der Waals surface area contributed by atoms with E-state index in [1.54, 1.807) is 0 Å². The first kappa shape index (κ1) is 10.1. The summed E-state index contributed by atoms with van der Waals surface area (Å²) in [7, 11) is 2.00. The molecule has 0 spiro atoms.